The zero-order chi connectivity index (χ0) is 21.1. The molecule has 3 rings (SSSR count). The third kappa shape index (κ3) is 5.11. The Bertz CT molecular complexity index is 1140. The Hall–Kier alpha value is -2.16. The molecule has 0 saturated carbocycles. The first-order valence-corrected chi connectivity index (χ1v) is 9.02. The number of hydrogen-bond acceptors (Lipinski definition) is 5. The van der Waals surface area contributed by atoms with Crippen molar-refractivity contribution in [1.29, 1.82) is 0 Å². The van der Waals surface area contributed by atoms with Gasteiger partial charge in [-0.3, -0.25) is 4.79 Å². The molecule has 10 heteroatoms. The number of amides is 1. The van der Waals surface area contributed by atoms with Crippen molar-refractivity contribution in [3.05, 3.63) is 57.7 Å². The van der Waals surface area contributed by atoms with E-state index in [1.54, 1.807) is 18.2 Å². The molecule has 1 heterocycles. The second-order valence-electron chi connectivity index (χ2n) is 5.90. The number of aromatic amines is 1. The van der Waals surface area contributed by atoms with E-state index in [1.165, 1.54) is 38.5 Å². The summed E-state index contributed by atoms with van der Waals surface area (Å²) in [4.78, 5) is 26.5. The van der Waals surface area contributed by atoms with Crippen LogP contribution in [0.3, 0.4) is 0 Å². The Kier molecular flexibility index (Phi) is 8.23. The number of H-pyrrole nitrogens is 1. The molecule has 0 atom stereocenters. The average Bonchev–Trinajstić information content (AvgIpc) is 3.05. The molecule has 1 aromatic heterocycles. The molecular weight excluding hydrogens is 442 g/mol. The van der Waals surface area contributed by atoms with Crippen molar-refractivity contribution in [2.24, 2.45) is 0 Å². The summed E-state index contributed by atoms with van der Waals surface area (Å²) >= 11 is 12.2. The maximum absolute atomic E-state index is 12.3. The van der Waals surface area contributed by atoms with Crippen LogP contribution in [0.5, 0.6) is 11.5 Å². The van der Waals surface area contributed by atoms with Crippen molar-refractivity contribution < 1.29 is 53.7 Å². The summed E-state index contributed by atoms with van der Waals surface area (Å²) in [5.74, 6) is -0.949. The Morgan fingerprint density at radius 1 is 1.10 bits per heavy atom. The normalized spacial score (nSPS) is 10.7. The summed E-state index contributed by atoms with van der Waals surface area (Å²) in [6, 6.07) is 7.91. The molecular formula is C20H15Cl2N2NaO5. The van der Waals surface area contributed by atoms with Crippen LogP contribution < -0.4 is 49.5 Å². The second kappa shape index (κ2) is 10.2. The Morgan fingerprint density at radius 3 is 2.43 bits per heavy atom. The van der Waals surface area contributed by atoms with Crippen molar-refractivity contribution in [3.8, 4) is 11.5 Å². The maximum atomic E-state index is 12.3. The monoisotopic (exact) mass is 456 g/mol. The van der Waals surface area contributed by atoms with E-state index in [0.717, 1.165) is 0 Å². The van der Waals surface area contributed by atoms with Crippen molar-refractivity contribution in [2.45, 2.75) is 0 Å². The van der Waals surface area contributed by atoms with Crippen LogP contribution in [0, 0.1) is 0 Å². The summed E-state index contributed by atoms with van der Waals surface area (Å²) < 4.78 is 10.3. The number of aromatic nitrogens is 1. The Balaban J connectivity index is 0.00000320. The van der Waals surface area contributed by atoms with E-state index in [2.05, 4.69) is 10.3 Å². The van der Waals surface area contributed by atoms with Crippen LogP contribution in [-0.4, -0.2) is 31.1 Å². The standard InChI is InChI=1S/C20H16Cl2N2O5.Na/c1-28-15-5-3-11(9-16(15)29-2)23-17(25)6-4-12-18-13(22)7-10(21)8-14(18)24-19(12)20(26)27;/h3-9,24H,1-2H3,(H,23,25)(H,26,27);/q;+1/p-1/b6-4+;. The first kappa shape index (κ1) is 24.1. The van der Waals surface area contributed by atoms with Gasteiger partial charge in [0.25, 0.3) is 0 Å². The third-order valence-electron chi connectivity index (χ3n) is 4.11. The van der Waals surface area contributed by atoms with Crippen LogP contribution >= 0.6 is 23.2 Å². The van der Waals surface area contributed by atoms with Gasteiger partial charge < -0.3 is 29.7 Å². The predicted octanol–water partition coefficient (Wildman–Crippen LogP) is 0.511. The van der Waals surface area contributed by atoms with Crippen LogP contribution in [0.2, 0.25) is 10.0 Å². The summed E-state index contributed by atoms with van der Waals surface area (Å²) in [5.41, 5.74) is 0.895. The fourth-order valence-corrected chi connectivity index (χ4v) is 3.45. The number of nitrogens with one attached hydrogen (secondary N) is 2. The average molecular weight is 457 g/mol. The zero-order valence-electron chi connectivity index (χ0n) is 16.3. The van der Waals surface area contributed by atoms with Crippen molar-refractivity contribution in [1.82, 2.24) is 4.98 Å². The smallest absolute Gasteiger partial charge is 0.543 e. The Morgan fingerprint density at radius 2 is 1.80 bits per heavy atom. The number of carbonyl (C=O) groups excluding carboxylic acids is 2. The number of methoxy groups -OCH3 is 2. The van der Waals surface area contributed by atoms with E-state index < -0.39 is 11.9 Å². The molecule has 0 aliphatic heterocycles. The molecule has 150 valence electrons. The summed E-state index contributed by atoms with van der Waals surface area (Å²) in [5, 5.41) is 15.1. The minimum absolute atomic E-state index is 0. The number of ether oxygens (including phenoxy) is 2. The van der Waals surface area contributed by atoms with Crippen LogP contribution in [0.15, 0.2) is 36.4 Å². The number of benzene rings is 2. The topological polar surface area (TPSA) is 103 Å². The number of carboxylic acids is 1. The second-order valence-corrected chi connectivity index (χ2v) is 6.75. The van der Waals surface area contributed by atoms with Gasteiger partial charge in [0.1, 0.15) is 0 Å². The predicted molar refractivity (Wildman–Crippen MR) is 110 cm³/mol. The third-order valence-corrected chi connectivity index (χ3v) is 4.63. The molecule has 0 fully saturated rings. The van der Waals surface area contributed by atoms with Crippen molar-refractivity contribution >= 4 is 57.7 Å². The van der Waals surface area contributed by atoms with Crippen LogP contribution in [0.25, 0.3) is 17.0 Å². The molecule has 0 radical (unpaired) electrons. The van der Waals surface area contributed by atoms with Gasteiger partial charge in [-0.25, -0.2) is 0 Å². The zero-order valence-corrected chi connectivity index (χ0v) is 19.9. The van der Waals surface area contributed by atoms with Gasteiger partial charge in [-0.2, -0.15) is 0 Å². The van der Waals surface area contributed by atoms with Crippen LogP contribution in [0.4, 0.5) is 5.69 Å². The van der Waals surface area contributed by atoms with E-state index >= 15 is 0 Å². The molecule has 1 amide bonds. The van der Waals surface area contributed by atoms with Gasteiger partial charge in [0.2, 0.25) is 5.91 Å². The SMILES string of the molecule is COc1ccc(NC(=O)/C=C/c2c(C(=O)[O-])[nH]c3cc(Cl)cc(Cl)c23)cc1OC.[Na+]. The van der Waals surface area contributed by atoms with E-state index in [0.29, 0.717) is 33.1 Å². The minimum atomic E-state index is -1.44. The molecule has 0 spiro atoms. The summed E-state index contributed by atoms with van der Waals surface area (Å²) in [6.07, 6.45) is 2.54. The number of carbonyl (C=O) groups is 2. The van der Waals surface area contributed by atoms with Gasteiger partial charge in [0.05, 0.1) is 30.9 Å². The van der Waals surface area contributed by atoms with Crippen molar-refractivity contribution in [2.75, 3.05) is 19.5 Å². The van der Waals surface area contributed by atoms with Crippen LogP contribution in [-0.2, 0) is 4.79 Å². The van der Waals surface area contributed by atoms with E-state index in [-0.39, 0.29) is 45.8 Å². The maximum Gasteiger partial charge on any atom is 1.00 e. The number of rotatable bonds is 6. The number of carboxylic acid groups (broad SMARTS) is 1. The van der Waals surface area contributed by atoms with Gasteiger partial charge in [0, 0.05) is 39.3 Å². The van der Waals surface area contributed by atoms with Crippen LogP contribution in [0.1, 0.15) is 16.1 Å². The van der Waals surface area contributed by atoms with Gasteiger partial charge in [-0.15, -0.1) is 0 Å². The molecule has 2 aromatic carbocycles. The van der Waals surface area contributed by atoms with E-state index in [9.17, 15) is 14.7 Å². The minimum Gasteiger partial charge on any atom is -0.543 e. The number of halogens is 2. The largest absolute Gasteiger partial charge is 1.00 e. The van der Waals surface area contributed by atoms with Gasteiger partial charge in [-0.1, -0.05) is 23.2 Å². The molecule has 30 heavy (non-hydrogen) atoms. The quantitative estimate of drug-likeness (QED) is 0.415. The van der Waals surface area contributed by atoms with Gasteiger partial charge in [-0.05, 0) is 30.3 Å². The van der Waals surface area contributed by atoms with E-state index in [1.807, 2.05) is 0 Å². The molecule has 0 bridgehead atoms. The molecule has 7 nitrogen and oxygen atoms in total. The number of hydrogen-bond donors (Lipinski definition) is 2. The first-order valence-electron chi connectivity index (χ1n) is 8.27. The molecule has 0 aliphatic carbocycles. The molecule has 2 N–H and O–H groups in total. The number of aromatic carboxylic acids is 1. The fourth-order valence-electron chi connectivity index (χ4n) is 2.86. The van der Waals surface area contributed by atoms with Crippen molar-refractivity contribution in [3.63, 3.8) is 0 Å². The van der Waals surface area contributed by atoms with E-state index in [4.69, 9.17) is 32.7 Å². The number of anilines is 1. The van der Waals surface area contributed by atoms with Gasteiger partial charge in [0.15, 0.2) is 11.5 Å². The molecule has 0 aliphatic rings. The fraction of sp³-hybridized carbons (Fsp3) is 0.100. The molecule has 3 aromatic rings. The molecule has 0 saturated heterocycles. The molecule has 0 unspecified atom stereocenters. The number of fused-ring (bicyclic) bond motifs is 1. The Labute approximate surface area is 204 Å². The summed E-state index contributed by atoms with van der Waals surface area (Å²) in [6.45, 7) is 0. The summed E-state index contributed by atoms with van der Waals surface area (Å²) in [7, 11) is 2.99. The van der Waals surface area contributed by atoms with Gasteiger partial charge >= 0.3 is 29.6 Å². The first-order chi connectivity index (χ1) is 13.8.